The van der Waals surface area contributed by atoms with Gasteiger partial charge in [-0.3, -0.25) is 0 Å². The highest BCUT2D eigenvalue weighted by molar-refractivity contribution is 5.12. The molecule has 0 amide bonds. The van der Waals surface area contributed by atoms with Gasteiger partial charge in [0.05, 0.1) is 36.8 Å². The van der Waals surface area contributed by atoms with Gasteiger partial charge >= 0.3 is 0 Å². The fourth-order valence-electron chi connectivity index (χ4n) is 10.5. The summed E-state index contributed by atoms with van der Waals surface area (Å²) in [7, 11) is 0. The molecule has 4 heteroatoms. The highest BCUT2D eigenvalue weighted by atomic mass is 16.5. The summed E-state index contributed by atoms with van der Waals surface area (Å²) >= 11 is 0. The van der Waals surface area contributed by atoms with Crippen molar-refractivity contribution in [2.45, 2.75) is 136 Å². The van der Waals surface area contributed by atoms with Crippen molar-refractivity contribution in [3.63, 3.8) is 0 Å². The maximum Gasteiger partial charge on any atom is 0.0914 e. The van der Waals surface area contributed by atoms with Gasteiger partial charge in [0.2, 0.25) is 0 Å². The Hall–Kier alpha value is -0.580. The molecule has 2 N–H and O–H groups in total. The van der Waals surface area contributed by atoms with Crippen LogP contribution >= 0.6 is 0 Å². The number of aliphatic hydroxyl groups excluding tert-OH is 2. The molecular weight excluding hydrogens is 448 g/mol. The second-order valence-electron chi connectivity index (χ2n) is 14.9. The Morgan fingerprint density at radius 3 is 2.50 bits per heavy atom. The topological polar surface area (TPSA) is 58.9 Å². The molecule has 0 aromatic heterocycles. The van der Waals surface area contributed by atoms with Crippen molar-refractivity contribution < 1.29 is 19.7 Å². The smallest absolute Gasteiger partial charge is 0.0914 e. The van der Waals surface area contributed by atoms with Crippen molar-refractivity contribution in [1.82, 2.24) is 0 Å². The lowest BCUT2D eigenvalue weighted by atomic mass is 9.43. The summed E-state index contributed by atoms with van der Waals surface area (Å²) in [5.74, 6) is 3.78. The van der Waals surface area contributed by atoms with E-state index in [1.54, 1.807) is 0 Å². The highest BCUT2D eigenvalue weighted by Crippen LogP contribution is 2.69. The average molecular weight is 503 g/mol. The zero-order valence-corrected chi connectivity index (χ0v) is 23.8. The molecule has 0 bridgehead atoms. The van der Waals surface area contributed by atoms with Crippen LogP contribution in [0.25, 0.3) is 0 Å². The molecular formula is C32H54O4. The molecule has 36 heavy (non-hydrogen) atoms. The van der Waals surface area contributed by atoms with Gasteiger partial charge in [0.1, 0.15) is 0 Å². The van der Waals surface area contributed by atoms with Gasteiger partial charge in [-0.2, -0.15) is 0 Å². The molecule has 1 saturated heterocycles. The van der Waals surface area contributed by atoms with E-state index in [2.05, 4.69) is 41.2 Å². The first kappa shape index (κ1) is 27.0. The lowest BCUT2D eigenvalue weighted by Gasteiger charge is -2.63. The molecule has 5 rings (SSSR count). The minimum atomic E-state index is -0.187. The largest absolute Gasteiger partial charge is 0.498 e. The van der Waals surface area contributed by atoms with Crippen LogP contribution < -0.4 is 0 Å². The number of ether oxygens (including phenoxy) is 2. The fourth-order valence-corrected chi connectivity index (χ4v) is 10.5. The summed E-state index contributed by atoms with van der Waals surface area (Å²) < 4.78 is 11.9. The van der Waals surface area contributed by atoms with Gasteiger partial charge in [0.25, 0.3) is 0 Å². The van der Waals surface area contributed by atoms with E-state index in [1.807, 2.05) is 0 Å². The first-order valence-electron chi connectivity index (χ1n) is 15.3. The van der Waals surface area contributed by atoms with Crippen LogP contribution in [0.15, 0.2) is 12.3 Å². The lowest BCUT2D eigenvalue weighted by Crippen LogP contribution is -2.59. The van der Waals surface area contributed by atoms with Gasteiger partial charge in [-0.25, -0.2) is 0 Å². The van der Waals surface area contributed by atoms with Crippen molar-refractivity contribution in [1.29, 1.82) is 0 Å². The van der Waals surface area contributed by atoms with Gasteiger partial charge < -0.3 is 19.7 Å². The molecule has 0 spiro atoms. The van der Waals surface area contributed by atoms with E-state index in [9.17, 15) is 10.2 Å². The average Bonchev–Trinajstić information content (AvgIpc) is 3.17. The number of aliphatic hydroxyl groups is 2. The SMILES string of the molecule is C=C1CC(OC(C)CCC(C)(C)C2CCC3C4C(O)CC5CC(O)CCC5(C)C4CCC32C)CCO1. The zero-order chi connectivity index (χ0) is 25.9. The first-order chi connectivity index (χ1) is 16.9. The molecule has 5 fully saturated rings. The summed E-state index contributed by atoms with van der Waals surface area (Å²) in [6, 6.07) is 0. The van der Waals surface area contributed by atoms with Crippen LogP contribution in [-0.4, -0.2) is 41.2 Å². The molecule has 11 unspecified atom stereocenters. The van der Waals surface area contributed by atoms with Crippen LogP contribution in [0.2, 0.25) is 0 Å². The molecule has 4 saturated carbocycles. The van der Waals surface area contributed by atoms with E-state index in [1.165, 1.54) is 32.1 Å². The number of rotatable bonds is 6. The second kappa shape index (κ2) is 9.87. The van der Waals surface area contributed by atoms with Crippen molar-refractivity contribution >= 4 is 0 Å². The summed E-state index contributed by atoms with van der Waals surface area (Å²) in [5, 5.41) is 21.9. The monoisotopic (exact) mass is 502 g/mol. The van der Waals surface area contributed by atoms with Crippen LogP contribution in [0.3, 0.4) is 0 Å². The normalized spacial score (nSPS) is 47.9. The van der Waals surface area contributed by atoms with Gasteiger partial charge in [0.15, 0.2) is 0 Å². The van der Waals surface area contributed by atoms with E-state index in [4.69, 9.17) is 9.47 Å². The van der Waals surface area contributed by atoms with Crippen molar-refractivity contribution in [3.8, 4) is 0 Å². The Labute approximate surface area is 220 Å². The molecule has 4 aliphatic carbocycles. The predicted octanol–water partition coefficient (Wildman–Crippen LogP) is 6.88. The van der Waals surface area contributed by atoms with E-state index in [-0.39, 0.29) is 29.8 Å². The van der Waals surface area contributed by atoms with Gasteiger partial charge in [-0.1, -0.05) is 34.3 Å². The van der Waals surface area contributed by atoms with Gasteiger partial charge in [-0.05, 0) is 117 Å². The van der Waals surface area contributed by atoms with Crippen LogP contribution in [0.1, 0.15) is 112 Å². The Balaban J connectivity index is 1.25. The van der Waals surface area contributed by atoms with Crippen molar-refractivity contribution in [2.75, 3.05) is 6.61 Å². The van der Waals surface area contributed by atoms with Crippen LogP contribution in [0, 0.1) is 45.8 Å². The summed E-state index contributed by atoms with van der Waals surface area (Å²) in [5.41, 5.74) is 0.903. The number of hydrogen-bond acceptors (Lipinski definition) is 4. The maximum atomic E-state index is 11.5. The van der Waals surface area contributed by atoms with E-state index in [0.29, 0.717) is 40.4 Å². The van der Waals surface area contributed by atoms with Crippen LogP contribution in [0.5, 0.6) is 0 Å². The van der Waals surface area contributed by atoms with Crippen LogP contribution in [0.4, 0.5) is 0 Å². The summed E-state index contributed by atoms with van der Waals surface area (Å²) in [6.07, 6.45) is 13.3. The second-order valence-corrected chi connectivity index (χ2v) is 14.9. The van der Waals surface area contributed by atoms with Gasteiger partial charge in [-0.15, -0.1) is 0 Å². The summed E-state index contributed by atoms with van der Waals surface area (Å²) in [4.78, 5) is 0. The fraction of sp³-hybridized carbons (Fsp3) is 0.938. The minimum Gasteiger partial charge on any atom is -0.498 e. The van der Waals surface area contributed by atoms with E-state index >= 15 is 0 Å². The molecule has 1 heterocycles. The molecule has 5 aliphatic rings. The van der Waals surface area contributed by atoms with Gasteiger partial charge in [0, 0.05) is 12.8 Å². The van der Waals surface area contributed by atoms with Crippen LogP contribution in [-0.2, 0) is 9.47 Å². The predicted molar refractivity (Wildman–Crippen MR) is 144 cm³/mol. The Morgan fingerprint density at radius 2 is 1.75 bits per heavy atom. The summed E-state index contributed by atoms with van der Waals surface area (Å²) in [6.45, 7) is 17.1. The first-order valence-corrected chi connectivity index (χ1v) is 15.3. The molecule has 0 aromatic rings. The molecule has 11 atom stereocenters. The third-order valence-electron chi connectivity index (χ3n) is 12.4. The standard InChI is InChI=1S/C32H54O4/c1-20(36-24-12-16-35-21(2)17-24)9-13-30(3,4)28-8-7-25-29-26(11-15-32(25,28)6)31(5)14-10-23(33)18-22(31)19-27(29)34/h20,22-29,33-34H,2,7-19H2,1,3-6H3. The highest BCUT2D eigenvalue weighted by Gasteiger charge is 2.63. The van der Waals surface area contributed by atoms with E-state index in [0.717, 1.165) is 57.3 Å². The molecule has 4 nitrogen and oxygen atoms in total. The Kier molecular flexibility index (Phi) is 7.40. The lowest BCUT2D eigenvalue weighted by molar-refractivity contribution is -0.177. The zero-order valence-electron chi connectivity index (χ0n) is 23.8. The third kappa shape index (κ3) is 4.70. The third-order valence-corrected chi connectivity index (χ3v) is 12.4. The number of fused-ring (bicyclic) bond motifs is 5. The molecule has 0 radical (unpaired) electrons. The minimum absolute atomic E-state index is 0.158. The Morgan fingerprint density at radius 1 is 1.03 bits per heavy atom. The molecule has 1 aliphatic heterocycles. The molecule has 0 aromatic carbocycles. The molecule has 206 valence electrons. The Bertz CT molecular complexity index is 808. The van der Waals surface area contributed by atoms with Crippen molar-refractivity contribution in [3.05, 3.63) is 12.3 Å². The van der Waals surface area contributed by atoms with Crippen molar-refractivity contribution in [2.24, 2.45) is 45.8 Å². The maximum absolute atomic E-state index is 11.5. The van der Waals surface area contributed by atoms with E-state index < -0.39 is 0 Å². The quantitative estimate of drug-likeness (QED) is 0.416. The number of hydrogen-bond donors (Lipinski definition) is 2.